The van der Waals surface area contributed by atoms with Crippen molar-refractivity contribution >= 4 is 17.5 Å². The van der Waals surface area contributed by atoms with Crippen molar-refractivity contribution < 1.29 is 18.7 Å². The van der Waals surface area contributed by atoms with E-state index in [1.807, 2.05) is 6.92 Å². The summed E-state index contributed by atoms with van der Waals surface area (Å²) in [6, 6.07) is 13.2. The third-order valence-electron chi connectivity index (χ3n) is 3.28. The van der Waals surface area contributed by atoms with Gasteiger partial charge in [0.1, 0.15) is 11.6 Å². The predicted octanol–water partition coefficient (Wildman–Crippen LogP) is 2.52. The second-order valence-corrected chi connectivity index (χ2v) is 4.98. The average Bonchev–Trinajstić information content (AvgIpc) is 2.58. The fourth-order valence-electron chi connectivity index (χ4n) is 2.12. The van der Waals surface area contributed by atoms with Gasteiger partial charge in [0.15, 0.2) is 0 Å². The van der Waals surface area contributed by atoms with E-state index in [-0.39, 0.29) is 12.4 Å². The van der Waals surface area contributed by atoms with Gasteiger partial charge in [-0.05, 0) is 37.1 Å². The van der Waals surface area contributed by atoms with Crippen LogP contribution in [-0.4, -0.2) is 25.0 Å². The van der Waals surface area contributed by atoms with Crippen molar-refractivity contribution in [3.8, 4) is 5.75 Å². The minimum Gasteiger partial charge on any atom is -0.492 e. The molecule has 0 aliphatic heterocycles. The van der Waals surface area contributed by atoms with Crippen molar-refractivity contribution in [2.75, 3.05) is 18.5 Å². The number of rotatable bonds is 6. The molecule has 0 saturated carbocycles. The molecule has 2 aromatic rings. The van der Waals surface area contributed by atoms with Crippen molar-refractivity contribution in [3.05, 3.63) is 59.9 Å². The number of carbonyl (C=O) groups is 2. The molecule has 24 heavy (non-hydrogen) atoms. The van der Waals surface area contributed by atoms with Crippen LogP contribution in [0.15, 0.2) is 48.5 Å². The number of amides is 2. The molecule has 0 aromatic heterocycles. The lowest BCUT2D eigenvalue weighted by Gasteiger charge is -2.11. The standard InChI is InChI=1S/C18H19FN2O3/c1-2-24-16-10-6-5-9-15(16)21-18(23)17(22)20-12-11-13-7-3-4-8-14(13)19/h3-10H,2,11-12H2,1H3,(H,20,22)(H,21,23). The molecule has 0 bridgehead atoms. The number of hydrogen-bond acceptors (Lipinski definition) is 3. The van der Waals surface area contributed by atoms with Crippen LogP contribution in [0.1, 0.15) is 12.5 Å². The number of benzene rings is 2. The highest BCUT2D eigenvalue weighted by atomic mass is 19.1. The van der Waals surface area contributed by atoms with Gasteiger partial charge in [0.25, 0.3) is 0 Å². The number of nitrogens with one attached hydrogen (secondary N) is 2. The first-order chi connectivity index (χ1) is 11.6. The van der Waals surface area contributed by atoms with Gasteiger partial charge in [-0.25, -0.2) is 4.39 Å². The first-order valence-electron chi connectivity index (χ1n) is 7.66. The number of para-hydroxylation sites is 2. The maximum atomic E-state index is 13.5. The molecular formula is C18H19FN2O3. The van der Waals surface area contributed by atoms with E-state index in [0.717, 1.165) is 0 Å². The predicted molar refractivity (Wildman–Crippen MR) is 89.4 cm³/mol. The normalized spacial score (nSPS) is 10.1. The topological polar surface area (TPSA) is 67.4 Å². The van der Waals surface area contributed by atoms with Gasteiger partial charge in [-0.1, -0.05) is 30.3 Å². The minimum atomic E-state index is -0.796. The number of anilines is 1. The first kappa shape index (κ1) is 17.5. The Morgan fingerprint density at radius 3 is 2.50 bits per heavy atom. The van der Waals surface area contributed by atoms with Gasteiger partial charge < -0.3 is 15.4 Å². The summed E-state index contributed by atoms with van der Waals surface area (Å²) >= 11 is 0. The van der Waals surface area contributed by atoms with E-state index in [9.17, 15) is 14.0 Å². The average molecular weight is 330 g/mol. The molecule has 2 N–H and O–H groups in total. The third-order valence-corrected chi connectivity index (χ3v) is 3.28. The van der Waals surface area contributed by atoms with E-state index in [4.69, 9.17) is 4.74 Å². The van der Waals surface area contributed by atoms with E-state index in [2.05, 4.69) is 10.6 Å². The Bertz CT molecular complexity index is 719. The molecule has 6 heteroatoms. The molecule has 0 unspecified atom stereocenters. The maximum Gasteiger partial charge on any atom is 0.313 e. The van der Waals surface area contributed by atoms with Crippen LogP contribution in [0.25, 0.3) is 0 Å². The Kier molecular flexibility index (Phi) is 6.31. The highest BCUT2D eigenvalue weighted by Crippen LogP contribution is 2.23. The van der Waals surface area contributed by atoms with E-state index in [1.165, 1.54) is 6.07 Å². The minimum absolute atomic E-state index is 0.167. The molecule has 0 fully saturated rings. The van der Waals surface area contributed by atoms with E-state index >= 15 is 0 Å². The van der Waals surface area contributed by atoms with Crippen LogP contribution in [0.2, 0.25) is 0 Å². The highest BCUT2D eigenvalue weighted by molar-refractivity contribution is 6.39. The first-order valence-corrected chi connectivity index (χ1v) is 7.66. The van der Waals surface area contributed by atoms with Crippen LogP contribution < -0.4 is 15.4 Å². The SMILES string of the molecule is CCOc1ccccc1NC(=O)C(=O)NCCc1ccccc1F. The summed E-state index contributed by atoms with van der Waals surface area (Å²) in [4.78, 5) is 23.8. The van der Waals surface area contributed by atoms with Crippen LogP contribution in [0.4, 0.5) is 10.1 Å². The highest BCUT2D eigenvalue weighted by Gasteiger charge is 2.15. The van der Waals surface area contributed by atoms with Crippen LogP contribution >= 0.6 is 0 Å². The van der Waals surface area contributed by atoms with Crippen molar-refractivity contribution in [2.24, 2.45) is 0 Å². The molecule has 0 saturated heterocycles. The number of halogens is 1. The van der Waals surface area contributed by atoms with E-state index < -0.39 is 11.8 Å². The molecule has 0 aliphatic rings. The molecule has 0 radical (unpaired) electrons. The monoisotopic (exact) mass is 330 g/mol. The Morgan fingerprint density at radius 1 is 1.04 bits per heavy atom. The zero-order chi connectivity index (χ0) is 17.4. The van der Waals surface area contributed by atoms with E-state index in [1.54, 1.807) is 42.5 Å². The summed E-state index contributed by atoms with van der Waals surface area (Å²) < 4.78 is 18.9. The van der Waals surface area contributed by atoms with Crippen LogP contribution in [0, 0.1) is 5.82 Å². The van der Waals surface area contributed by atoms with Gasteiger partial charge in [-0.15, -0.1) is 0 Å². The van der Waals surface area contributed by atoms with Gasteiger partial charge in [0.2, 0.25) is 0 Å². The van der Waals surface area contributed by atoms with Gasteiger partial charge >= 0.3 is 11.8 Å². The lowest BCUT2D eigenvalue weighted by Crippen LogP contribution is -2.36. The maximum absolute atomic E-state index is 13.5. The van der Waals surface area contributed by atoms with Crippen molar-refractivity contribution in [1.29, 1.82) is 0 Å². The zero-order valence-electron chi connectivity index (χ0n) is 13.3. The number of ether oxygens (including phenoxy) is 1. The Hall–Kier alpha value is -2.89. The molecule has 0 aliphatic carbocycles. The summed E-state index contributed by atoms with van der Waals surface area (Å²) in [7, 11) is 0. The molecule has 0 heterocycles. The lowest BCUT2D eigenvalue weighted by molar-refractivity contribution is -0.136. The Balaban J connectivity index is 1.87. The summed E-state index contributed by atoms with van der Waals surface area (Å²) in [5, 5.41) is 4.98. The van der Waals surface area contributed by atoms with Crippen molar-refractivity contribution in [2.45, 2.75) is 13.3 Å². The molecule has 2 rings (SSSR count). The van der Waals surface area contributed by atoms with Gasteiger partial charge in [-0.3, -0.25) is 9.59 Å². The lowest BCUT2D eigenvalue weighted by atomic mass is 10.1. The fraction of sp³-hybridized carbons (Fsp3) is 0.222. The summed E-state index contributed by atoms with van der Waals surface area (Å²) in [5.74, 6) is -1.41. The summed E-state index contributed by atoms with van der Waals surface area (Å²) in [6.45, 7) is 2.44. The summed E-state index contributed by atoms with van der Waals surface area (Å²) in [5.41, 5.74) is 0.911. The second-order valence-electron chi connectivity index (χ2n) is 4.98. The zero-order valence-corrected chi connectivity index (χ0v) is 13.3. The molecule has 0 atom stereocenters. The van der Waals surface area contributed by atoms with E-state index in [0.29, 0.717) is 30.0 Å². The third kappa shape index (κ3) is 4.81. The largest absolute Gasteiger partial charge is 0.492 e. The number of carbonyl (C=O) groups excluding carboxylic acids is 2. The molecular weight excluding hydrogens is 311 g/mol. The van der Waals surface area contributed by atoms with Crippen molar-refractivity contribution in [3.63, 3.8) is 0 Å². The molecule has 5 nitrogen and oxygen atoms in total. The van der Waals surface area contributed by atoms with Crippen LogP contribution in [0.5, 0.6) is 5.75 Å². The van der Waals surface area contributed by atoms with Gasteiger partial charge in [-0.2, -0.15) is 0 Å². The molecule has 0 spiro atoms. The quantitative estimate of drug-likeness (QED) is 0.800. The fourth-order valence-corrected chi connectivity index (χ4v) is 2.12. The molecule has 2 amide bonds. The smallest absolute Gasteiger partial charge is 0.313 e. The second kappa shape index (κ2) is 8.67. The summed E-state index contributed by atoms with van der Waals surface area (Å²) in [6.07, 6.45) is 0.307. The Labute approximate surface area is 139 Å². The van der Waals surface area contributed by atoms with Gasteiger partial charge in [0.05, 0.1) is 12.3 Å². The molecule has 2 aromatic carbocycles. The molecule has 126 valence electrons. The van der Waals surface area contributed by atoms with Crippen LogP contribution in [0.3, 0.4) is 0 Å². The van der Waals surface area contributed by atoms with Crippen molar-refractivity contribution in [1.82, 2.24) is 5.32 Å². The van der Waals surface area contributed by atoms with Gasteiger partial charge in [0, 0.05) is 6.54 Å². The van der Waals surface area contributed by atoms with Crippen LogP contribution in [-0.2, 0) is 16.0 Å². The number of hydrogen-bond donors (Lipinski definition) is 2. The Morgan fingerprint density at radius 2 is 1.75 bits per heavy atom.